The third-order valence-corrected chi connectivity index (χ3v) is 2.46. The molecule has 0 aliphatic heterocycles. The molecule has 15 heavy (non-hydrogen) atoms. The molecule has 1 N–H and O–H groups in total. The number of carbonyl (C=O) groups is 1. The number of esters is 1. The van der Waals surface area contributed by atoms with E-state index in [1.54, 1.807) is 0 Å². The maximum Gasteiger partial charge on any atom is 0.333 e. The number of ether oxygens (including phenoxy) is 1. The highest BCUT2D eigenvalue weighted by Gasteiger charge is 2.12. The minimum absolute atomic E-state index is 0.198. The zero-order valence-corrected chi connectivity index (χ0v) is 9.25. The number of hydrogen-bond acceptors (Lipinski definition) is 6. The highest BCUT2D eigenvalue weighted by atomic mass is 32.2. The summed E-state index contributed by atoms with van der Waals surface area (Å²) in [5.41, 5.74) is 0.198. The summed E-state index contributed by atoms with van der Waals surface area (Å²) in [7, 11) is -3.73. The number of carbonyl (C=O) groups excluding carboxylic acids is 1. The molecule has 7 heteroatoms. The maximum atomic E-state index is 11.0. The first-order chi connectivity index (χ1) is 6.89. The van der Waals surface area contributed by atoms with Gasteiger partial charge in [0.05, 0.1) is 13.2 Å². The Labute approximate surface area is 88.6 Å². The molecule has 0 saturated heterocycles. The maximum absolute atomic E-state index is 11.0. The molecule has 0 aromatic carbocycles. The molecule has 0 bridgehead atoms. The monoisotopic (exact) mass is 238 g/mol. The Morgan fingerprint density at radius 1 is 1.40 bits per heavy atom. The largest absolute Gasteiger partial charge is 0.461 e. The van der Waals surface area contributed by atoms with Crippen molar-refractivity contribution in [2.45, 2.75) is 6.92 Å². The van der Waals surface area contributed by atoms with E-state index in [-0.39, 0.29) is 25.4 Å². The van der Waals surface area contributed by atoms with Gasteiger partial charge in [0.15, 0.2) is 0 Å². The van der Waals surface area contributed by atoms with Crippen molar-refractivity contribution in [3.63, 3.8) is 0 Å². The van der Waals surface area contributed by atoms with Gasteiger partial charge in [-0.25, -0.2) is 4.79 Å². The number of aliphatic hydroxyl groups is 1. The van der Waals surface area contributed by atoms with Crippen molar-refractivity contribution in [3.05, 3.63) is 12.2 Å². The summed E-state index contributed by atoms with van der Waals surface area (Å²) < 4.78 is 30.9. The Morgan fingerprint density at radius 3 is 2.47 bits per heavy atom. The second-order valence-corrected chi connectivity index (χ2v) is 4.48. The van der Waals surface area contributed by atoms with Crippen LogP contribution < -0.4 is 0 Å². The topological polar surface area (TPSA) is 89.9 Å². The van der Waals surface area contributed by atoms with Crippen LogP contribution in [0.4, 0.5) is 0 Å². The molecule has 0 fully saturated rings. The standard InChI is InChI=1S/C8H14O6S/c1-7(2)8(10)13-5-6-15(11,12)14-4-3-9/h9H,1,3-6H2,2H3. The summed E-state index contributed by atoms with van der Waals surface area (Å²) in [5, 5.41) is 8.33. The van der Waals surface area contributed by atoms with Crippen LogP contribution in [0, 0.1) is 0 Å². The Bertz CT molecular complexity index is 318. The summed E-state index contributed by atoms with van der Waals surface area (Å²) in [5.74, 6) is -1.08. The van der Waals surface area contributed by atoms with Gasteiger partial charge in [0.1, 0.15) is 12.4 Å². The third-order valence-electron chi connectivity index (χ3n) is 1.27. The molecular formula is C8H14O6S. The van der Waals surface area contributed by atoms with E-state index in [2.05, 4.69) is 15.5 Å². The summed E-state index contributed by atoms with van der Waals surface area (Å²) in [4.78, 5) is 10.8. The van der Waals surface area contributed by atoms with Crippen molar-refractivity contribution >= 4 is 16.1 Å². The van der Waals surface area contributed by atoms with E-state index >= 15 is 0 Å². The lowest BCUT2D eigenvalue weighted by molar-refractivity contribution is -0.138. The van der Waals surface area contributed by atoms with E-state index < -0.39 is 21.8 Å². The molecule has 0 rings (SSSR count). The normalized spacial score (nSPS) is 11.1. The quantitative estimate of drug-likeness (QED) is 0.363. The predicted octanol–water partition coefficient (Wildman–Crippen LogP) is -0.556. The summed E-state index contributed by atoms with van der Waals surface area (Å²) in [6, 6.07) is 0. The van der Waals surface area contributed by atoms with Gasteiger partial charge < -0.3 is 9.84 Å². The van der Waals surface area contributed by atoms with Crippen molar-refractivity contribution in [2.24, 2.45) is 0 Å². The molecular weight excluding hydrogens is 224 g/mol. The molecule has 88 valence electrons. The van der Waals surface area contributed by atoms with Crippen LogP contribution in [-0.2, 0) is 23.8 Å². The van der Waals surface area contributed by atoms with Gasteiger partial charge in [-0.2, -0.15) is 8.42 Å². The van der Waals surface area contributed by atoms with Crippen LogP contribution in [0.1, 0.15) is 6.92 Å². The van der Waals surface area contributed by atoms with Crippen LogP contribution in [0.5, 0.6) is 0 Å². The van der Waals surface area contributed by atoms with Gasteiger partial charge in [0, 0.05) is 5.57 Å². The molecule has 0 aliphatic rings. The molecule has 0 amide bonds. The minimum atomic E-state index is -3.73. The lowest BCUT2D eigenvalue weighted by atomic mass is 10.4. The Kier molecular flexibility index (Phi) is 6.14. The van der Waals surface area contributed by atoms with E-state index in [1.807, 2.05) is 0 Å². The zero-order chi connectivity index (χ0) is 11.9. The number of hydrogen-bond donors (Lipinski definition) is 1. The van der Waals surface area contributed by atoms with E-state index in [1.165, 1.54) is 6.92 Å². The summed E-state index contributed by atoms with van der Waals surface area (Å²) >= 11 is 0. The SMILES string of the molecule is C=C(C)C(=O)OCCS(=O)(=O)OCCO. The first kappa shape index (κ1) is 14.1. The van der Waals surface area contributed by atoms with E-state index in [4.69, 9.17) is 5.11 Å². The lowest BCUT2D eigenvalue weighted by Crippen LogP contribution is -2.19. The first-order valence-electron chi connectivity index (χ1n) is 4.19. The number of aliphatic hydroxyl groups excluding tert-OH is 1. The lowest BCUT2D eigenvalue weighted by Gasteiger charge is -2.05. The number of rotatable bonds is 7. The van der Waals surface area contributed by atoms with Crippen LogP contribution >= 0.6 is 0 Å². The van der Waals surface area contributed by atoms with Gasteiger partial charge in [-0.05, 0) is 6.92 Å². The molecule has 6 nitrogen and oxygen atoms in total. The average molecular weight is 238 g/mol. The predicted molar refractivity (Wildman–Crippen MR) is 52.6 cm³/mol. The van der Waals surface area contributed by atoms with Crippen LogP contribution in [-0.4, -0.2) is 45.1 Å². The highest BCUT2D eigenvalue weighted by molar-refractivity contribution is 7.86. The van der Waals surface area contributed by atoms with Gasteiger partial charge >= 0.3 is 5.97 Å². The Morgan fingerprint density at radius 2 is 2.00 bits per heavy atom. The second-order valence-electron chi connectivity index (χ2n) is 2.72. The minimum Gasteiger partial charge on any atom is -0.461 e. The Balaban J connectivity index is 3.85. The fourth-order valence-corrected chi connectivity index (χ4v) is 1.32. The van der Waals surface area contributed by atoms with Gasteiger partial charge in [0.2, 0.25) is 0 Å². The molecule has 0 radical (unpaired) electrons. The highest BCUT2D eigenvalue weighted by Crippen LogP contribution is 1.96. The van der Waals surface area contributed by atoms with Crippen molar-refractivity contribution in [1.29, 1.82) is 0 Å². The summed E-state index contributed by atoms with van der Waals surface area (Å²) in [6.45, 7) is 3.82. The zero-order valence-electron chi connectivity index (χ0n) is 8.43. The van der Waals surface area contributed by atoms with Gasteiger partial charge in [0.25, 0.3) is 10.1 Å². The third kappa shape index (κ3) is 7.06. The molecule has 0 aliphatic carbocycles. The van der Waals surface area contributed by atoms with Crippen molar-refractivity contribution in [3.8, 4) is 0 Å². The molecule has 0 spiro atoms. The van der Waals surface area contributed by atoms with Crippen LogP contribution in [0.15, 0.2) is 12.2 Å². The molecule has 0 aromatic rings. The smallest absolute Gasteiger partial charge is 0.333 e. The van der Waals surface area contributed by atoms with Crippen molar-refractivity contribution < 1.29 is 27.2 Å². The van der Waals surface area contributed by atoms with Crippen molar-refractivity contribution in [2.75, 3.05) is 25.6 Å². The van der Waals surface area contributed by atoms with Crippen LogP contribution in [0.2, 0.25) is 0 Å². The van der Waals surface area contributed by atoms with Crippen LogP contribution in [0.25, 0.3) is 0 Å². The molecule has 0 atom stereocenters. The van der Waals surface area contributed by atoms with Gasteiger partial charge in [-0.3, -0.25) is 4.18 Å². The summed E-state index contributed by atoms with van der Waals surface area (Å²) in [6.07, 6.45) is 0. The second kappa shape index (κ2) is 6.54. The molecule has 0 heterocycles. The average Bonchev–Trinajstić information content (AvgIpc) is 2.14. The van der Waals surface area contributed by atoms with Gasteiger partial charge in [-0.1, -0.05) is 6.58 Å². The Hall–Kier alpha value is -0.920. The molecule has 0 aromatic heterocycles. The molecule has 0 saturated carbocycles. The fraction of sp³-hybridized carbons (Fsp3) is 0.625. The van der Waals surface area contributed by atoms with Crippen LogP contribution in [0.3, 0.4) is 0 Å². The van der Waals surface area contributed by atoms with Crippen molar-refractivity contribution in [1.82, 2.24) is 0 Å². The molecule has 0 unspecified atom stereocenters. The first-order valence-corrected chi connectivity index (χ1v) is 5.77. The van der Waals surface area contributed by atoms with E-state index in [0.717, 1.165) is 0 Å². The fourth-order valence-electron chi connectivity index (χ4n) is 0.583. The van der Waals surface area contributed by atoms with E-state index in [9.17, 15) is 13.2 Å². The van der Waals surface area contributed by atoms with E-state index in [0.29, 0.717) is 0 Å². The van der Waals surface area contributed by atoms with Gasteiger partial charge in [-0.15, -0.1) is 0 Å².